The molecule has 0 unspecified atom stereocenters. The molecule has 5 heteroatoms. The number of ether oxygens (including phenoxy) is 1. The van der Waals surface area contributed by atoms with Gasteiger partial charge in [-0.1, -0.05) is 0 Å². The van der Waals surface area contributed by atoms with Gasteiger partial charge in [0.05, 0.1) is 18.5 Å². The molecule has 88 valence electrons. The van der Waals surface area contributed by atoms with Crippen molar-refractivity contribution in [1.82, 2.24) is 4.57 Å². The van der Waals surface area contributed by atoms with E-state index in [2.05, 4.69) is 0 Å². The van der Waals surface area contributed by atoms with Gasteiger partial charge in [-0.25, -0.2) is 4.39 Å². The first-order valence-corrected chi connectivity index (χ1v) is 4.94. The highest BCUT2D eigenvalue weighted by atomic mass is 19.1. The van der Waals surface area contributed by atoms with Crippen molar-refractivity contribution < 1.29 is 9.13 Å². The van der Waals surface area contributed by atoms with Crippen molar-refractivity contribution in [2.45, 2.75) is 0 Å². The fourth-order valence-corrected chi connectivity index (χ4v) is 1.50. The number of nitrogen functional groups attached to an aromatic ring is 1. The number of halogens is 1. The number of methoxy groups -OCH3 is 1. The molecule has 17 heavy (non-hydrogen) atoms. The number of anilines is 1. The number of nitrogens with zero attached hydrogens (tertiary/aromatic N) is 1. The summed E-state index contributed by atoms with van der Waals surface area (Å²) in [6.07, 6.45) is 1.54. The predicted molar refractivity (Wildman–Crippen MR) is 63.0 cm³/mol. The quantitative estimate of drug-likeness (QED) is 0.802. The second-order valence-corrected chi connectivity index (χ2v) is 3.46. The van der Waals surface area contributed by atoms with Crippen LogP contribution in [-0.2, 0) is 0 Å². The third-order valence-corrected chi connectivity index (χ3v) is 2.39. The van der Waals surface area contributed by atoms with Crippen LogP contribution in [-0.4, -0.2) is 11.7 Å². The smallest absolute Gasteiger partial charge is 0.297 e. The summed E-state index contributed by atoms with van der Waals surface area (Å²) in [6.45, 7) is 0. The first kappa shape index (κ1) is 11.2. The Balaban J connectivity index is 2.61. The normalized spacial score (nSPS) is 10.2. The van der Waals surface area contributed by atoms with E-state index in [-0.39, 0.29) is 17.0 Å². The maximum absolute atomic E-state index is 13.3. The minimum absolute atomic E-state index is 0.0460. The lowest BCUT2D eigenvalue weighted by Gasteiger charge is -2.08. The molecular weight excluding hydrogens is 223 g/mol. The molecule has 0 saturated heterocycles. The van der Waals surface area contributed by atoms with Gasteiger partial charge in [-0.15, -0.1) is 0 Å². The zero-order chi connectivity index (χ0) is 12.4. The molecule has 1 heterocycles. The molecular formula is C12H11FN2O2. The van der Waals surface area contributed by atoms with Crippen LogP contribution in [0.1, 0.15) is 0 Å². The van der Waals surface area contributed by atoms with Crippen LogP contribution in [0.4, 0.5) is 10.1 Å². The molecule has 0 bridgehead atoms. The molecule has 0 amide bonds. The van der Waals surface area contributed by atoms with Crippen molar-refractivity contribution in [3.8, 4) is 11.4 Å². The molecule has 0 spiro atoms. The van der Waals surface area contributed by atoms with Gasteiger partial charge in [0.2, 0.25) is 0 Å². The second kappa shape index (κ2) is 4.29. The Labute approximate surface area is 97.1 Å². The highest BCUT2D eigenvalue weighted by molar-refractivity contribution is 5.47. The van der Waals surface area contributed by atoms with E-state index >= 15 is 0 Å². The van der Waals surface area contributed by atoms with E-state index in [9.17, 15) is 9.18 Å². The average molecular weight is 234 g/mol. The van der Waals surface area contributed by atoms with E-state index in [1.807, 2.05) is 0 Å². The summed E-state index contributed by atoms with van der Waals surface area (Å²) in [7, 11) is 1.41. The number of benzene rings is 1. The molecule has 2 rings (SSSR count). The summed E-state index contributed by atoms with van der Waals surface area (Å²) in [5.41, 5.74) is 5.48. The average Bonchev–Trinajstić information content (AvgIpc) is 2.33. The van der Waals surface area contributed by atoms with Crippen LogP contribution in [0.5, 0.6) is 5.75 Å². The van der Waals surface area contributed by atoms with Crippen molar-refractivity contribution in [3.05, 3.63) is 52.7 Å². The Morgan fingerprint density at radius 1 is 1.35 bits per heavy atom. The van der Waals surface area contributed by atoms with Crippen LogP contribution < -0.4 is 16.0 Å². The van der Waals surface area contributed by atoms with Crippen LogP contribution in [0, 0.1) is 5.82 Å². The number of aromatic nitrogens is 1. The van der Waals surface area contributed by atoms with Crippen LogP contribution in [0.25, 0.3) is 5.69 Å². The van der Waals surface area contributed by atoms with Crippen LogP contribution >= 0.6 is 0 Å². The van der Waals surface area contributed by atoms with Crippen molar-refractivity contribution in [3.63, 3.8) is 0 Å². The minimum atomic E-state index is -0.558. The fraction of sp³-hybridized carbons (Fsp3) is 0.0833. The van der Waals surface area contributed by atoms with E-state index in [0.29, 0.717) is 5.69 Å². The third-order valence-electron chi connectivity index (χ3n) is 2.39. The van der Waals surface area contributed by atoms with Crippen molar-refractivity contribution in [2.75, 3.05) is 12.8 Å². The molecule has 1 aromatic heterocycles. The van der Waals surface area contributed by atoms with Gasteiger partial charge in [-0.05, 0) is 24.3 Å². The molecule has 0 radical (unpaired) electrons. The monoisotopic (exact) mass is 234 g/mol. The summed E-state index contributed by atoms with van der Waals surface area (Å²) >= 11 is 0. The molecule has 2 aromatic rings. The Hall–Kier alpha value is -2.30. The van der Waals surface area contributed by atoms with Gasteiger partial charge < -0.3 is 10.5 Å². The first-order valence-electron chi connectivity index (χ1n) is 4.94. The van der Waals surface area contributed by atoms with Crippen LogP contribution in [0.2, 0.25) is 0 Å². The summed E-state index contributed by atoms with van der Waals surface area (Å²) in [5, 5.41) is 0. The predicted octanol–water partition coefficient (Wildman–Crippen LogP) is 1.57. The van der Waals surface area contributed by atoms with Gasteiger partial charge in [0.25, 0.3) is 5.56 Å². The SMILES string of the molecule is COc1cccn(-c2ccc(N)c(F)c2)c1=O. The second-order valence-electron chi connectivity index (χ2n) is 3.46. The summed E-state index contributed by atoms with van der Waals surface area (Å²) in [4.78, 5) is 11.9. The Kier molecular flexibility index (Phi) is 2.82. The third kappa shape index (κ3) is 1.99. The zero-order valence-electron chi connectivity index (χ0n) is 9.18. The van der Waals surface area contributed by atoms with E-state index < -0.39 is 5.82 Å². The van der Waals surface area contributed by atoms with Crippen molar-refractivity contribution in [2.24, 2.45) is 0 Å². The Morgan fingerprint density at radius 2 is 2.12 bits per heavy atom. The molecule has 0 atom stereocenters. The van der Waals surface area contributed by atoms with Crippen LogP contribution in [0.15, 0.2) is 41.3 Å². The Morgan fingerprint density at radius 3 is 2.76 bits per heavy atom. The van der Waals surface area contributed by atoms with E-state index in [4.69, 9.17) is 10.5 Å². The number of rotatable bonds is 2. The molecule has 0 saturated carbocycles. The molecule has 0 aliphatic heterocycles. The number of hydrogen-bond acceptors (Lipinski definition) is 3. The highest BCUT2D eigenvalue weighted by Crippen LogP contribution is 2.15. The van der Waals surface area contributed by atoms with Gasteiger partial charge in [-0.3, -0.25) is 9.36 Å². The molecule has 4 nitrogen and oxygen atoms in total. The maximum Gasteiger partial charge on any atom is 0.297 e. The molecule has 0 aliphatic rings. The number of pyridine rings is 1. The van der Waals surface area contributed by atoms with Crippen molar-refractivity contribution >= 4 is 5.69 Å². The number of hydrogen-bond donors (Lipinski definition) is 1. The lowest BCUT2D eigenvalue weighted by atomic mass is 10.2. The molecule has 0 fully saturated rings. The summed E-state index contributed by atoms with van der Waals surface area (Å²) in [6, 6.07) is 7.38. The van der Waals surface area contributed by atoms with Gasteiger partial charge in [0, 0.05) is 12.3 Å². The topological polar surface area (TPSA) is 57.2 Å². The van der Waals surface area contributed by atoms with E-state index in [0.717, 1.165) is 0 Å². The van der Waals surface area contributed by atoms with Gasteiger partial charge >= 0.3 is 0 Å². The van der Waals surface area contributed by atoms with E-state index in [1.54, 1.807) is 18.2 Å². The highest BCUT2D eigenvalue weighted by Gasteiger charge is 2.06. The largest absolute Gasteiger partial charge is 0.491 e. The van der Waals surface area contributed by atoms with Crippen LogP contribution in [0.3, 0.4) is 0 Å². The van der Waals surface area contributed by atoms with Gasteiger partial charge in [-0.2, -0.15) is 0 Å². The first-order chi connectivity index (χ1) is 8.13. The number of nitrogens with two attached hydrogens (primary N) is 1. The fourth-order valence-electron chi connectivity index (χ4n) is 1.50. The lowest BCUT2D eigenvalue weighted by molar-refractivity contribution is 0.406. The molecule has 1 aromatic carbocycles. The molecule has 0 aliphatic carbocycles. The maximum atomic E-state index is 13.3. The Bertz CT molecular complexity index is 608. The van der Waals surface area contributed by atoms with Crippen molar-refractivity contribution in [1.29, 1.82) is 0 Å². The standard InChI is InChI=1S/C12H11FN2O2/c1-17-11-3-2-6-15(12(11)16)8-4-5-10(14)9(13)7-8/h2-7H,14H2,1H3. The van der Waals surface area contributed by atoms with E-state index in [1.165, 1.54) is 30.0 Å². The summed E-state index contributed by atoms with van der Waals surface area (Å²) in [5.74, 6) is -0.359. The van der Waals surface area contributed by atoms with Gasteiger partial charge in [0.15, 0.2) is 5.75 Å². The minimum Gasteiger partial charge on any atom is -0.491 e. The zero-order valence-corrected chi connectivity index (χ0v) is 9.18. The lowest BCUT2D eigenvalue weighted by Crippen LogP contribution is -2.18. The molecule has 2 N–H and O–H groups in total. The summed E-state index contributed by atoms with van der Waals surface area (Å²) < 4.78 is 19.5. The van der Waals surface area contributed by atoms with Gasteiger partial charge in [0.1, 0.15) is 5.82 Å².